The Labute approximate surface area is 152 Å². The first kappa shape index (κ1) is 16.3. The first-order valence-corrected chi connectivity index (χ1v) is 8.57. The van der Waals surface area contributed by atoms with Crippen LogP contribution < -0.4 is 14.5 Å². The van der Waals surface area contributed by atoms with E-state index in [2.05, 4.69) is 41.9 Å². The number of ether oxygens (including phenoxy) is 1. The maximum atomic E-state index is 5.18. The van der Waals surface area contributed by atoms with Crippen LogP contribution >= 0.6 is 0 Å². The average Bonchev–Trinajstić information content (AvgIpc) is 2.75. The van der Waals surface area contributed by atoms with E-state index in [9.17, 15) is 0 Å². The van der Waals surface area contributed by atoms with Gasteiger partial charge in [0.2, 0.25) is 11.8 Å². The van der Waals surface area contributed by atoms with Crippen LogP contribution in [-0.4, -0.2) is 53.2 Å². The number of piperazine rings is 1. The van der Waals surface area contributed by atoms with E-state index in [1.165, 1.54) is 0 Å². The lowest BCUT2D eigenvalue weighted by molar-refractivity contribution is 0.396. The molecule has 4 heterocycles. The molecule has 0 aromatic carbocycles. The summed E-state index contributed by atoms with van der Waals surface area (Å²) in [7, 11) is 1.62. The first-order valence-electron chi connectivity index (χ1n) is 8.57. The molecule has 0 spiro atoms. The molecule has 7 nitrogen and oxygen atoms in total. The number of pyridine rings is 2. The highest BCUT2D eigenvalue weighted by Gasteiger charge is 2.20. The van der Waals surface area contributed by atoms with Gasteiger partial charge in [0.25, 0.3) is 0 Å². The summed E-state index contributed by atoms with van der Waals surface area (Å²) in [4.78, 5) is 21.9. The van der Waals surface area contributed by atoms with E-state index in [4.69, 9.17) is 4.74 Å². The van der Waals surface area contributed by atoms with Gasteiger partial charge < -0.3 is 14.5 Å². The van der Waals surface area contributed by atoms with Gasteiger partial charge in [-0.05, 0) is 29.8 Å². The second-order valence-electron chi connectivity index (χ2n) is 6.01. The first-order chi connectivity index (χ1) is 12.8. The largest absolute Gasteiger partial charge is 0.481 e. The van der Waals surface area contributed by atoms with Crippen molar-refractivity contribution in [2.75, 3.05) is 43.1 Å². The fourth-order valence-corrected chi connectivity index (χ4v) is 3.02. The second-order valence-corrected chi connectivity index (χ2v) is 6.01. The van der Waals surface area contributed by atoms with Crippen molar-refractivity contribution in [3.8, 4) is 17.0 Å². The minimum Gasteiger partial charge on any atom is -0.481 e. The van der Waals surface area contributed by atoms with Crippen molar-refractivity contribution < 1.29 is 4.74 Å². The van der Waals surface area contributed by atoms with Gasteiger partial charge in [0.15, 0.2) is 0 Å². The van der Waals surface area contributed by atoms with E-state index in [0.29, 0.717) is 11.8 Å². The Morgan fingerprint density at radius 2 is 1.58 bits per heavy atom. The third kappa shape index (κ3) is 3.42. The average molecular weight is 348 g/mol. The second kappa shape index (κ2) is 7.35. The summed E-state index contributed by atoms with van der Waals surface area (Å²) in [6.07, 6.45) is 7.24. The summed E-state index contributed by atoms with van der Waals surface area (Å²) in [5, 5.41) is 0. The van der Waals surface area contributed by atoms with Crippen molar-refractivity contribution in [3.63, 3.8) is 0 Å². The zero-order chi connectivity index (χ0) is 17.8. The number of nitrogens with zero attached hydrogens (tertiary/aromatic N) is 6. The molecule has 1 aliphatic heterocycles. The molecule has 1 saturated heterocycles. The molecule has 4 rings (SSSR count). The molecule has 3 aromatic rings. The van der Waals surface area contributed by atoms with Gasteiger partial charge >= 0.3 is 0 Å². The fourth-order valence-electron chi connectivity index (χ4n) is 3.02. The van der Waals surface area contributed by atoms with E-state index in [-0.39, 0.29) is 0 Å². The van der Waals surface area contributed by atoms with Crippen LogP contribution in [0.4, 0.5) is 11.8 Å². The standard InChI is InChI=1S/C19H20N6O/c1-26-18-6-9-21-19(23-18)25-12-10-24(11-13-25)17-3-2-16(14-22-17)15-4-7-20-8-5-15/h2-9,14H,10-13H2,1H3. The monoisotopic (exact) mass is 348 g/mol. The third-order valence-electron chi connectivity index (χ3n) is 4.47. The fraction of sp³-hybridized carbons (Fsp3) is 0.263. The summed E-state index contributed by atoms with van der Waals surface area (Å²) >= 11 is 0. The molecule has 132 valence electrons. The molecule has 1 aliphatic rings. The van der Waals surface area contributed by atoms with Crippen molar-refractivity contribution in [3.05, 3.63) is 55.1 Å². The van der Waals surface area contributed by atoms with E-state index in [1.54, 1.807) is 31.8 Å². The van der Waals surface area contributed by atoms with Gasteiger partial charge in [0.05, 0.1) is 7.11 Å². The zero-order valence-corrected chi connectivity index (χ0v) is 14.6. The van der Waals surface area contributed by atoms with Crippen LogP contribution in [0.1, 0.15) is 0 Å². The number of aromatic nitrogens is 4. The Bertz CT molecular complexity index is 847. The quantitative estimate of drug-likeness (QED) is 0.716. The van der Waals surface area contributed by atoms with Gasteiger partial charge in [0.1, 0.15) is 5.82 Å². The molecule has 0 atom stereocenters. The van der Waals surface area contributed by atoms with Crippen molar-refractivity contribution in [2.24, 2.45) is 0 Å². The van der Waals surface area contributed by atoms with Crippen molar-refractivity contribution in [1.29, 1.82) is 0 Å². The predicted octanol–water partition coefficient (Wildman–Crippen LogP) is 2.27. The lowest BCUT2D eigenvalue weighted by Crippen LogP contribution is -2.47. The summed E-state index contributed by atoms with van der Waals surface area (Å²) in [6, 6.07) is 9.92. The van der Waals surface area contributed by atoms with E-state index in [1.807, 2.05) is 18.3 Å². The Kier molecular flexibility index (Phi) is 4.59. The SMILES string of the molecule is COc1ccnc(N2CCN(c3ccc(-c4ccncc4)cn3)CC2)n1. The van der Waals surface area contributed by atoms with Crippen molar-refractivity contribution >= 4 is 11.8 Å². The summed E-state index contributed by atoms with van der Waals surface area (Å²) in [5.41, 5.74) is 2.22. The van der Waals surface area contributed by atoms with E-state index >= 15 is 0 Å². The van der Waals surface area contributed by atoms with E-state index in [0.717, 1.165) is 43.1 Å². The van der Waals surface area contributed by atoms with Gasteiger partial charge in [-0.2, -0.15) is 4.98 Å². The van der Waals surface area contributed by atoms with Crippen LogP contribution in [-0.2, 0) is 0 Å². The summed E-state index contributed by atoms with van der Waals surface area (Å²) in [6.45, 7) is 3.45. The number of anilines is 2. The molecule has 0 bridgehead atoms. The number of hydrogen-bond donors (Lipinski definition) is 0. The van der Waals surface area contributed by atoms with Crippen LogP contribution in [0.2, 0.25) is 0 Å². The van der Waals surface area contributed by atoms with Crippen LogP contribution in [0.3, 0.4) is 0 Å². The van der Waals surface area contributed by atoms with Crippen molar-refractivity contribution in [1.82, 2.24) is 19.9 Å². The molecule has 0 saturated carbocycles. The van der Waals surface area contributed by atoms with Crippen LogP contribution in [0.5, 0.6) is 5.88 Å². The Morgan fingerprint density at radius 1 is 0.808 bits per heavy atom. The van der Waals surface area contributed by atoms with Gasteiger partial charge in [-0.1, -0.05) is 0 Å². The molecule has 0 N–H and O–H groups in total. The normalized spacial score (nSPS) is 14.3. The molecule has 0 unspecified atom stereocenters. The molecule has 26 heavy (non-hydrogen) atoms. The lowest BCUT2D eigenvalue weighted by Gasteiger charge is -2.35. The Balaban J connectivity index is 1.41. The number of methoxy groups -OCH3 is 1. The highest BCUT2D eigenvalue weighted by molar-refractivity contribution is 5.63. The number of rotatable bonds is 4. The molecular formula is C19H20N6O. The van der Waals surface area contributed by atoms with Crippen LogP contribution in [0.15, 0.2) is 55.1 Å². The molecule has 1 fully saturated rings. The lowest BCUT2D eigenvalue weighted by atomic mass is 10.1. The predicted molar refractivity (Wildman–Crippen MR) is 100 cm³/mol. The smallest absolute Gasteiger partial charge is 0.228 e. The molecule has 3 aromatic heterocycles. The minimum absolute atomic E-state index is 0.589. The summed E-state index contributed by atoms with van der Waals surface area (Å²) < 4.78 is 5.18. The third-order valence-corrected chi connectivity index (χ3v) is 4.47. The van der Waals surface area contributed by atoms with Crippen LogP contribution in [0, 0.1) is 0 Å². The molecule has 0 aliphatic carbocycles. The summed E-state index contributed by atoms with van der Waals surface area (Å²) in [5.74, 6) is 2.30. The maximum Gasteiger partial charge on any atom is 0.228 e. The maximum absolute atomic E-state index is 5.18. The number of hydrogen-bond acceptors (Lipinski definition) is 7. The molecule has 0 amide bonds. The Hall–Kier alpha value is -3.22. The van der Waals surface area contributed by atoms with Gasteiger partial charge in [0, 0.05) is 62.6 Å². The van der Waals surface area contributed by atoms with Gasteiger partial charge in [-0.3, -0.25) is 4.98 Å². The topological polar surface area (TPSA) is 67.3 Å². The minimum atomic E-state index is 0.589. The molecule has 0 radical (unpaired) electrons. The zero-order valence-electron chi connectivity index (χ0n) is 14.6. The molecular weight excluding hydrogens is 328 g/mol. The van der Waals surface area contributed by atoms with Gasteiger partial charge in [-0.15, -0.1) is 0 Å². The van der Waals surface area contributed by atoms with Crippen LogP contribution in [0.25, 0.3) is 11.1 Å². The Morgan fingerprint density at radius 3 is 2.27 bits per heavy atom. The highest BCUT2D eigenvalue weighted by atomic mass is 16.5. The highest BCUT2D eigenvalue weighted by Crippen LogP contribution is 2.22. The van der Waals surface area contributed by atoms with Gasteiger partial charge in [-0.25, -0.2) is 9.97 Å². The van der Waals surface area contributed by atoms with E-state index < -0.39 is 0 Å². The molecule has 7 heteroatoms. The van der Waals surface area contributed by atoms with Crippen molar-refractivity contribution in [2.45, 2.75) is 0 Å².